The summed E-state index contributed by atoms with van der Waals surface area (Å²) in [6.45, 7) is 5.38. The van der Waals surface area contributed by atoms with E-state index in [4.69, 9.17) is 17.3 Å². The Bertz CT molecular complexity index is 779. The maximum atomic E-state index is 12.6. The molecule has 0 fully saturated rings. The van der Waals surface area contributed by atoms with Gasteiger partial charge in [0.15, 0.2) is 0 Å². The third-order valence-corrected chi connectivity index (χ3v) is 4.94. The Kier molecular flexibility index (Phi) is 4.52. The number of rotatable bonds is 3. The highest BCUT2D eigenvalue weighted by Crippen LogP contribution is 2.31. The van der Waals surface area contributed by atoms with Crippen molar-refractivity contribution in [2.45, 2.75) is 31.2 Å². The van der Waals surface area contributed by atoms with Crippen molar-refractivity contribution in [1.29, 1.82) is 0 Å². The lowest BCUT2D eigenvalue weighted by molar-refractivity contribution is 0.491. The van der Waals surface area contributed by atoms with Gasteiger partial charge in [0.2, 0.25) is 10.0 Å². The Labute approximate surface area is 136 Å². The highest BCUT2D eigenvalue weighted by atomic mass is 35.5. The second kappa shape index (κ2) is 5.91. The lowest BCUT2D eigenvalue weighted by atomic mass is 10.1. The molecular formula is C16H19ClN2O2S. The molecule has 0 bridgehead atoms. The molecule has 0 saturated heterocycles. The van der Waals surface area contributed by atoms with Crippen LogP contribution in [0.25, 0.3) is 11.1 Å². The molecule has 2 aromatic rings. The van der Waals surface area contributed by atoms with E-state index >= 15 is 0 Å². The molecule has 3 N–H and O–H groups in total. The lowest BCUT2D eigenvalue weighted by Gasteiger charge is -2.21. The number of anilines is 1. The van der Waals surface area contributed by atoms with Gasteiger partial charge in [0, 0.05) is 21.8 Å². The van der Waals surface area contributed by atoms with Crippen molar-refractivity contribution in [3.8, 4) is 11.1 Å². The summed E-state index contributed by atoms with van der Waals surface area (Å²) in [5.74, 6) is 0. The summed E-state index contributed by atoms with van der Waals surface area (Å²) in [6, 6.07) is 11.7. The van der Waals surface area contributed by atoms with Crippen LogP contribution in [0.2, 0.25) is 5.02 Å². The van der Waals surface area contributed by atoms with Crippen molar-refractivity contribution in [2.75, 3.05) is 5.73 Å². The number of halogens is 1. The smallest absolute Gasteiger partial charge is 0.241 e. The van der Waals surface area contributed by atoms with Gasteiger partial charge in [-0.1, -0.05) is 23.7 Å². The van der Waals surface area contributed by atoms with Gasteiger partial charge in [-0.3, -0.25) is 0 Å². The molecule has 0 atom stereocenters. The molecule has 0 amide bonds. The molecule has 6 heteroatoms. The second-order valence-electron chi connectivity index (χ2n) is 6.12. The molecule has 0 aliphatic carbocycles. The van der Waals surface area contributed by atoms with Crippen LogP contribution in [0.1, 0.15) is 20.8 Å². The molecule has 0 aromatic heterocycles. The van der Waals surface area contributed by atoms with Gasteiger partial charge in [-0.25, -0.2) is 13.1 Å². The first-order valence-corrected chi connectivity index (χ1v) is 8.64. The van der Waals surface area contributed by atoms with E-state index in [0.717, 1.165) is 5.56 Å². The standard InChI is InChI=1S/C16H19ClN2O2S/c1-16(2,3)19-22(20,21)15-9-6-12(17)10-14(15)11-4-7-13(18)8-5-11/h4-10,19H,18H2,1-3H3. The van der Waals surface area contributed by atoms with Crippen LogP contribution in [0, 0.1) is 0 Å². The maximum absolute atomic E-state index is 12.6. The first-order valence-electron chi connectivity index (χ1n) is 6.78. The Balaban J connectivity index is 2.60. The summed E-state index contributed by atoms with van der Waals surface area (Å²) in [4.78, 5) is 0.191. The number of nitrogens with one attached hydrogen (secondary N) is 1. The predicted molar refractivity (Wildman–Crippen MR) is 91.4 cm³/mol. The summed E-state index contributed by atoms with van der Waals surface area (Å²) in [5.41, 5.74) is 7.01. The maximum Gasteiger partial charge on any atom is 0.241 e. The second-order valence-corrected chi connectivity index (χ2v) is 8.21. The average Bonchev–Trinajstić information content (AvgIpc) is 2.36. The molecule has 0 heterocycles. The molecular weight excluding hydrogens is 320 g/mol. The Hall–Kier alpha value is -1.56. The quantitative estimate of drug-likeness (QED) is 0.839. The minimum atomic E-state index is -3.66. The van der Waals surface area contributed by atoms with E-state index in [0.29, 0.717) is 16.3 Å². The number of nitrogens with two attached hydrogens (primary N) is 1. The molecule has 0 radical (unpaired) electrons. The van der Waals surface area contributed by atoms with Crippen LogP contribution in [-0.4, -0.2) is 14.0 Å². The zero-order valence-electron chi connectivity index (χ0n) is 12.7. The van der Waals surface area contributed by atoms with Gasteiger partial charge in [-0.2, -0.15) is 0 Å². The molecule has 2 aromatic carbocycles. The van der Waals surface area contributed by atoms with Crippen LogP contribution in [-0.2, 0) is 10.0 Å². The fourth-order valence-electron chi connectivity index (χ4n) is 2.08. The number of nitrogen functional groups attached to an aromatic ring is 1. The van der Waals surface area contributed by atoms with Crippen molar-refractivity contribution in [3.05, 3.63) is 47.5 Å². The molecule has 0 aliphatic heterocycles. The zero-order valence-corrected chi connectivity index (χ0v) is 14.3. The molecule has 0 aliphatic rings. The zero-order chi connectivity index (χ0) is 16.5. The summed E-state index contributed by atoms with van der Waals surface area (Å²) in [7, 11) is -3.66. The monoisotopic (exact) mass is 338 g/mol. The van der Waals surface area contributed by atoms with Crippen LogP contribution in [0.15, 0.2) is 47.4 Å². The van der Waals surface area contributed by atoms with E-state index in [9.17, 15) is 8.42 Å². The van der Waals surface area contributed by atoms with Gasteiger partial charge < -0.3 is 5.73 Å². The molecule has 22 heavy (non-hydrogen) atoms. The van der Waals surface area contributed by atoms with Crippen molar-refractivity contribution >= 4 is 27.3 Å². The van der Waals surface area contributed by atoms with Gasteiger partial charge in [0.05, 0.1) is 4.90 Å². The van der Waals surface area contributed by atoms with Crippen LogP contribution in [0.3, 0.4) is 0 Å². The topological polar surface area (TPSA) is 72.2 Å². The van der Waals surface area contributed by atoms with Crippen LogP contribution in [0.4, 0.5) is 5.69 Å². The minimum Gasteiger partial charge on any atom is -0.399 e. The van der Waals surface area contributed by atoms with Gasteiger partial charge >= 0.3 is 0 Å². The third-order valence-electron chi connectivity index (χ3n) is 2.89. The number of hydrogen-bond acceptors (Lipinski definition) is 3. The van der Waals surface area contributed by atoms with Gasteiger partial charge in [0.25, 0.3) is 0 Å². The van der Waals surface area contributed by atoms with E-state index in [2.05, 4.69) is 4.72 Å². The fourth-order valence-corrected chi connectivity index (χ4v) is 3.88. The summed E-state index contributed by atoms with van der Waals surface area (Å²) in [5, 5.41) is 0.474. The number of benzene rings is 2. The highest BCUT2D eigenvalue weighted by Gasteiger charge is 2.25. The van der Waals surface area contributed by atoms with E-state index < -0.39 is 15.6 Å². The highest BCUT2D eigenvalue weighted by molar-refractivity contribution is 7.89. The van der Waals surface area contributed by atoms with E-state index in [1.165, 1.54) is 6.07 Å². The lowest BCUT2D eigenvalue weighted by Crippen LogP contribution is -2.40. The van der Waals surface area contributed by atoms with E-state index in [1.807, 2.05) is 0 Å². The minimum absolute atomic E-state index is 0.191. The average molecular weight is 339 g/mol. The van der Waals surface area contributed by atoms with Crippen LogP contribution >= 0.6 is 11.6 Å². The Morgan fingerprint density at radius 2 is 1.64 bits per heavy atom. The van der Waals surface area contributed by atoms with Gasteiger partial charge in [0.1, 0.15) is 0 Å². The molecule has 4 nitrogen and oxygen atoms in total. The SMILES string of the molecule is CC(C)(C)NS(=O)(=O)c1ccc(Cl)cc1-c1ccc(N)cc1. The summed E-state index contributed by atoms with van der Waals surface area (Å²) < 4.78 is 27.9. The molecule has 2 rings (SSSR count). The predicted octanol–water partition coefficient (Wildman–Crippen LogP) is 3.67. The van der Waals surface area contributed by atoms with Crippen molar-refractivity contribution in [1.82, 2.24) is 4.72 Å². The van der Waals surface area contributed by atoms with E-state index in [-0.39, 0.29) is 4.90 Å². The normalized spacial score (nSPS) is 12.4. The fraction of sp³-hybridized carbons (Fsp3) is 0.250. The van der Waals surface area contributed by atoms with Crippen molar-refractivity contribution < 1.29 is 8.42 Å². The first kappa shape index (κ1) is 16.8. The van der Waals surface area contributed by atoms with E-state index in [1.54, 1.807) is 57.2 Å². The van der Waals surface area contributed by atoms with Crippen LogP contribution < -0.4 is 10.5 Å². The third kappa shape index (κ3) is 4.00. The Morgan fingerprint density at radius 1 is 1.05 bits per heavy atom. The number of hydrogen-bond donors (Lipinski definition) is 2. The largest absolute Gasteiger partial charge is 0.399 e. The van der Waals surface area contributed by atoms with Gasteiger partial charge in [-0.15, -0.1) is 0 Å². The molecule has 118 valence electrons. The van der Waals surface area contributed by atoms with Crippen molar-refractivity contribution in [2.24, 2.45) is 0 Å². The number of sulfonamides is 1. The first-order chi connectivity index (χ1) is 10.1. The molecule has 0 spiro atoms. The molecule has 0 unspecified atom stereocenters. The summed E-state index contributed by atoms with van der Waals surface area (Å²) >= 11 is 6.04. The molecule has 0 saturated carbocycles. The summed E-state index contributed by atoms with van der Waals surface area (Å²) in [6.07, 6.45) is 0. The van der Waals surface area contributed by atoms with Gasteiger partial charge in [-0.05, 0) is 56.7 Å². The van der Waals surface area contributed by atoms with Crippen molar-refractivity contribution in [3.63, 3.8) is 0 Å². The Morgan fingerprint density at radius 3 is 2.18 bits per heavy atom. The van der Waals surface area contributed by atoms with Crippen LogP contribution in [0.5, 0.6) is 0 Å².